The molecular weight excluding hydrogens is 262 g/mol. The number of rotatable bonds is 6. The fraction of sp³-hybridized carbons (Fsp3) is 0.333. The molecule has 3 nitrogen and oxygen atoms in total. The molecular formula is C18H23NO2. The Kier molecular flexibility index (Phi) is 5.12. The number of hydrogen-bond donors (Lipinski definition) is 0. The maximum absolute atomic E-state index is 11.7. The number of nitrogens with zero attached hydrogens (tertiary/aromatic N) is 1. The van der Waals surface area contributed by atoms with Crippen LogP contribution in [0.3, 0.4) is 0 Å². The number of likely N-dealkylation sites (N-methyl/N-ethyl adjacent to an activating group) is 1. The molecule has 1 unspecified atom stereocenters. The largest absolute Gasteiger partial charge is 0.633 e. The first-order chi connectivity index (χ1) is 9.96. The van der Waals surface area contributed by atoms with E-state index in [0.717, 1.165) is 11.1 Å². The summed E-state index contributed by atoms with van der Waals surface area (Å²) in [5.74, 6) is 0. The summed E-state index contributed by atoms with van der Waals surface area (Å²) in [5.41, 5.74) is 3.45. The van der Waals surface area contributed by atoms with Gasteiger partial charge in [0.05, 0.1) is 20.7 Å². The predicted molar refractivity (Wildman–Crippen MR) is 85.8 cm³/mol. The quantitative estimate of drug-likeness (QED) is 0.599. The van der Waals surface area contributed by atoms with Crippen molar-refractivity contribution >= 4 is 0 Å². The lowest BCUT2D eigenvalue weighted by molar-refractivity contribution is -0.840. The van der Waals surface area contributed by atoms with Crippen LogP contribution in [-0.4, -0.2) is 31.9 Å². The van der Waals surface area contributed by atoms with Crippen LogP contribution in [0.25, 0.3) is 0 Å². The van der Waals surface area contributed by atoms with Crippen LogP contribution in [-0.2, 0) is 4.74 Å². The Morgan fingerprint density at radius 2 is 1.52 bits per heavy atom. The second-order valence-corrected chi connectivity index (χ2v) is 5.87. The average Bonchev–Trinajstić information content (AvgIpc) is 2.45. The first-order valence-corrected chi connectivity index (χ1v) is 7.23. The highest BCUT2D eigenvalue weighted by Crippen LogP contribution is 2.26. The summed E-state index contributed by atoms with van der Waals surface area (Å²) in [6.07, 6.45) is -0.127. The van der Waals surface area contributed by atoms with Crippen LogP contribution in [0.4, 0.5) is 0 Å². The number of ether oxygens (including phenoxy) is 1. The molecule has 0 radical (unpaired) electrons. The minimum atomic E-state index is -0.338. The van der Waals surface area contributed by atoms with Gasteiger partial charge < -0.3 is 14.6 Å². The van der Waals surface area contributed by atoms with Gasteiger partial charge in [-0.1, -0.05) is 60.2 Å². The van der Waals surface area contributed by atoms with E-state index in [1.54, 1.807) is 14.1 Å². The number of hydroxylamine groups is 3. The average molecular weight is 285 g/mol. The van der Waals surface area contributed by atoms with Crippen LogP contribution >= 0.6 is 0 Å². The molecule has 0 aliphatic rings. The van der Waals surface area contributed by atoms with Crippen molar-refractivity contribution in [2.45, 2.75) is 13.0 Å². The lowest BCUT2D eigenvalue weighted by Crippen LogP contribution is -2.35. The molecule has 0 amide bonds. The standard InChI is InChI=1S/C18H23NO2/c1-15-9-11-17(12-10-15)18(16-7-5-4-6-8-16)21-14-13-19(2,3)20/h4-12,18H,13-14H2,1-3H3. The monoisotopic (exact) mass is 285 g/mol. The summed E-state index contributed by atoms with van der Waals surface area (Å²) in [4.78, 5) is 0. The molecule has 2 aromatic rings. The third-order valence-electron chi connectivity index (χ3n) is 3.40. The second-order valence-electron chi connectivity index (χ2n) is 5.87. The van der Waals surface area contributed by atoms with Gasteiger partial charge in [0.15, 0.2) is 0 Å². The molecule has 0 saturated carbocycles. The van der Waals surface area contributed by atoms with Gasteiger partial charge in [0, 0.05) is 0 Å². The summed E-state index contributed by atoms with van der Waals surface area (Å²) in [6.45, 7) is 2.94. The van der Waals surface area contributed by atoms with E-state index in [4.69, 9.17) is 4.74 Å². The van der Waals surface area contributed by atoms with E-state index in [-0.39, 0.29) is 10.8 Å². The molecule has 0 saturated heterocycles. The van der Waals surface area contributed by atoms with E-state index in [0.29, 0.717) is 13.2 Å². The normalized spacial score (nSPS) is 13.1. The van der Waals surface area contributed by atoms with Crippen LogP contribution in [0, 0.1) is 12.1 Å². The molecule has 1 atom stereocenters. The van der Waals surface area contributed by atoms with Gasteiger partial charge in [0.2, 0.25) is 0 Å². The zero-order valence-electron chi connectivity index (χ0n) is 13.0. The van der Waals surface area contributed by atoms with Gasteiger partial charge in [-0.2, -0.15) is 0 Å². The summed E-state index contributed by atoms with van der Waals surface area (Å²) in [6, 6.07) is 18.5. The van der Waals surface area contributed by atoms with Crippen molar-refractivity contribution in [1.82, 2.24) is 0 Å². The van der Waals surface area contributed by atoms with Crippen LogP contribution in [0.15, 0.2) is 54.6 Å². The van der Waals surface area contributed by atoms with Gasteiger partial charge in [0.25, 0.3) is 0 Å². The fourth-order valence-corrected chi connectivity index (χ4v) is 2.14. The molecule has 3 heteroatoms. The van der Waals surface area contributed by atoms with Crippen LogP contribution in [0.1, 0.15) is 22.8 Å². The third-order valence-corrected chi connectivity index (χ3v) is 3.40. The Bertz CT molecular complexity index is 544. The number of aryl methyl sites for hydroxylation is 1. The molecule has 0 spiro atoms. The van der Waals surface area contributed by atoms with Gasteiger partial charge in [-0.15, -0.1) is 0 Å². The lowest BCUT2D eigenvalue weighted by atomic mass is 10.0. The fourth-order valence-electron chi connectivity index (χ4n) is 2.14. The molecule has 0 fully saturated rings. The Hall–Kier alpha value is -1.68. The molecule has 0 aromatic heterocycles. The van der Waals surface area contributed by atoms with Crippen LogP contribution < -0.4 is 0 Å². The van der Waals surface area contributed by atoms with E-state index >= 15 is 0 Å². The number of benzene rings is 2. The van der Waals surface area contributed by atoms with E-state index < -0.39 is 0 Å². The minimum absolute atomic E-state index is 0.127. The molecule has 2 aromatic carbocycles. The Labute approximate surface area is 127 Å². The topological polar surface area (TPSA) is 32.3 Å². The zero-order chi connectivity index (χ0) is 15.3. The third kappa shape index (κ3) is 4.97. The zero-order valence-corrected chi connectivity index (χ0v) is 13.0. The second kappa shape index (κ2) is 6.85. The number of quaternary nitrogens is 1. The van der Waals surface area contributed by atoms with Crippen molar-refractivity contribution in [1.29, 1.82) is 0 Å². The first kappa shape index (κ1) is 15.7. The molecule has 2 rings (SSSR count). The van der Waals surface area contributed by atoms with Crippen molar-refractivity contribution < 1.29 is 9.38 Å². The highest BCUT2D eigenvalue weighted by Gasteiger charge is 2.15. The molecule has 0 heterocycles. The molecule has 0 aliphatic heterocycles. The van der Waals surface area contributed by atoms with E-state index in [2.05, 4.69) is 43.3 Å². The van der Waals surface area contributed by atoms with Crippen molar-refractivity contribution in [2.75, 3.05) is 27.2 Å². The highest BCUT2D eigenvalue weighted by molar-refractivity contribution is 5.31. The Morgan fingerprint density at radius 1 is 0.952 bits per heavy atom. The van der Waals surface area contributed by atoms with Crippen LogP contribution in [0.2, 0.25) is 0 Å². The van der Waals surface area contributed by atoms with Crippen molar-refractivity contribution in [2.24, 2.45) is 0 Å². The van der Waals surface area contributed by atoms with Crippen LogP contribution in [0.5, 0.6) is 0 Å². The Balaban J connectivity index is 2.17. The van der Waals surface area contributed by atoms with E-state index in [9.17, 15) is 5.21 Å². The smallest absolute Gasteiger partial charge is 0.108 e. The maximum atomic E-state index is 11.7. The SMILES string of the molecule is Cc1ccc(C(OCC[N+](C)(C)[O-])c2ccccc2)cc1. The first-order valence-electron chi connectivity index (χ1n) is 7.23. The van der Waals surface area contributed by atoms with Crippen molar-refractivity contribution in [3.63, 3.8) is 0 Å². The summed E-state index contributed by atoms with van der Waals surface area (Å²) in [7, 11) is 3.26. The predicted octanol–water partition coefficient (Wildman–Crippen LogP) is 3.68. The lowest BCUT2D eigenvalue weighted by Gasteiger charge is -2.34. The number of hydrogen-bond acceptors (Lipinski definition) is 2. The minimum Gasteiger partial charge on any atom is -0.633 e. The van der Waals surface area contributed by atoms with E-state index in [1.165, 1.54) is 5.56 Å². The summed E-state index contributed by atoms with van der Waals surface area (Å²) in [5, 5.41) is 11.7. The molecule has 0 N–H and O–H groups in total. The van der Waals surface area contributed by atoms with Gasteiger partial charge in [-0.05, 0) is 18.1 Å². The highest BCUT2D eigenvalue weighted by atomic mass is 16.5. The van der Waals surface area contributed by atoms with Gasteiger partial charge in [0.1, 0.15) is 12.6 Å². The van der Waals surface area contributed by atoms with E-state index in [1.807, 2.05) is 18.2 Å². The van der Waals surface area contributed by atoms with Gasteiger partial charge in [-0.25, -0.2) is 0 Å². The molecule has 0 aliphatic carbocycles. The molecule has 0 bridgehead atoms. The maximum Gasteiger partial charge on any atom is 0.108 e. The summed E-state index contributed by atoms with van der Waals surface area (Å²) >= 11 is 0. The summed E-state index contributed by atoms with van der Waals surface area (Å²) < 4.78 is 5.68. The Morgan fingerprint density at radius 3 is 2.10 bits per heavy atom. The van der Waals surface area contributed by atoms with Crippen molar-refractivity contribution in [3.05, 3.63) is 76.5 Å². The molecule has 112 valence electrons. The van der Waals surface area contributed by atoms with Gasteiger partial charge in [-0.3, -0.25) is 0 Å². The van der Waals surface area contributed by atoms with Crippen molar-refractivity contribution in [3.8, 4) is 0 Å². The van der Waals surface area contributed by atoms with Gasteiger partial charge >= 0.3 is 0 Å². The molecule has 21 heavy (non-hydrogen) atoms.